The van der Waals surface area contributed by atoms with E-state index in [1.165, 1.54) is 17.8 Å². The van der Waals surface area contributed by atoms with E-state index >= 15 is 0 Å². The lowest BCUT2D eigenvalue weighted by atomic mass is 9.80. The third-order valence-electron chi connectivity index (χ3n) is 14.6. The number of imidazole rings is 1. The summed E-state index contributed by atoms with van der Waals surface area (Å²) >= 11 is 0. The van der Waals surface area contributed by atoms with Crippen LogP contribution in [-0.2, 0) is 16.2 Å². The number of hydrogen-bond acceptors (Lipinski definition) is 2. The highest BCUT2D eigenvalue weighted by Crippen LogP contribution is 2.42. The van der Waals surface area contributed by atoms with Crippen molar-refractivity contribution < 1.29 is 27.1 Å². The highest BCUT2D eigenvalue weighted by molar-refractivity contribution is 6.09. The Morgan fingerprint density at radius 3 is 1.92 bits per heavy atom. The summed E-state index contributed by atoms with van der Waals surface area (Å²) in [4.78, 5) is 4.76. The van der Waals surface area contributed by atoms with Crippen LogP contribution in [0.15, 0.2) is 218 Å². The molecule has 0 bridgehead atoms. The van der Waals surface area contributed by atoms with Crippen molar-refractivity contribution in [3.8, 4) is 73.2 Å². The maximum Gasteiger partial charge on any atom is 0.269 e. The Morgan fingerprint density at radius 1 is 0.500 bits per heavy atom. The standard InChI is InChI=1S/C73H66N4O/c1-48-39-69(74-46-63(48)51-23-15-12-16-24-51)77-65-30-18-17-29-60(65)61-37-36-59(45-67(61)77)78-58-28-20-27-57(44-58)75-47-76(66-38-33-52(43-68(66)75)50-31-34-55(35-32-50)71(2,3)4)70-62(53-25-19-26-56(40-53)72(5,6)7)41-54(42-64(70)73(8,9)10)49-21-13-11-14-22-49/h11-46H,1-10H3/i1D3,11D,12D,13D,14D,15D,16D,21D,22D,23D,24D. The van der Waals surface area contributed by atoms with E-state index in [0.717, 1.165) is 60.9 Å². The van der Waals surface area contributed by atoms with Crippen molar-refractivity contribution in [2.45, 2.75) is 85.4 Å². The van der Waals surface area contributed by atoms with Gasteiger partial charge in [0.2, 0.25) is 0 Å². The lowest BCUT2D eigenvalue weighted by Gasteiger charge is -2.28. The Balaban J connectivity index is 1.05. The zero-order valence-electron chi connectivity index (χ0n) is 58.2. The molecule has 3 heterocycles. The second-order valence-corrected chi connectivity index (χ2v) is 23.0. The van der Waals surface area contributed by atoms with Crippen LogP contribution in [0.4, 0.5) is 0 Å². The van der Waals surface area contributed by atoms with Gasteiger partial charge in [0.15, 0.2) is 0 Å². The Morgan fingerprint density at radius 2 is 1.19 bits per heavy atom. The smallest absolute Gasteiger partial charge is 0.269 e. The van der Waals surface area contributed by atoms with Crippen molar-refractivity contribution in [1.82, 2.24) is 14.1 Å². The van der Waals surface area contributed by atoms with Gasteiger partial charge in [0, 0.05) is 32.7 Å². The lowest BCUT2D eigenvalue weighted by Crippen LogP contribution is -2.35. The second-order valence-electron chi connectivity index (χ2n) is 23.0. The van der Waals surface area contributed by atoms with E-state index in [0.29, 0.717) is 33.8 Å². The second kappa shape index (κ2) is 19.3. The molecule has 0 amide bonds. The Bertz CT molecular complexity index is 4910. The number of hydrogen-bond donors (Lipinski definition) is 0. The van der Waals surface area contributed by atoms with E-state index in [1.54, 1.807) is 0 Å². The zero-order chi connectivity index (χ0) is 65.3. The molecule has 0 saturated heterocycles. The summed E-state index contributed by atoms with van der Waals surface area (Å²) in [5, 5.41) is 1.68. The van der Waals surface area contributed by atoms with Crippen molar-refractivity contribution in [2.24, 2.45) is 0 Å². The molecule has 12 aromatic rings. The van der Waals surface area contributed by atoms with E-state index in [4.69, 9.17) is 24.8 Å². The third kappa shape index (κ3) is 9.38. The van der Waals surface area contributed by atoms with Crippen LogP contribution in [0.25, 0.3) is 94.5 Å². The average molecular weight is 1030 g/mol. The maximum absolute atomic E-state index is 9.18. The molecule has 3 aromatic heterocycles. The first-order valence-corrected chi connectivity index (χ1v) is 26.2. The van der Waals surface area contributed by atoms with Gasteiger partial charge in [-0.05, 0) is 139 Å². The first-order valence-electron chi connectivity index (χ1n) is 32.7. The molecule has 12 rings (SSSR count). The molecule has 5 nitrogen and oxygen atoms in total. The average Bonchev–Trinajstić information content (AvgIpc) is 1.73. The molecule has 9 aromatic carbocycles. The van der Waals surface area contributed by atoms with Crippen LogP contribution in [0, 0.1) is 13.2 Å². The topological polar surface area (TPSA) is 35.9 Å². The summed E-state index contributed by atoms with van der Waals surface area (Å²) in [6, 6.07) is 45.0. The number of pyridine rings is 1. The van der Waals surface area contributed by atoms with Gasteiger partial charge in [-0.15, -0.1) is 0 Å². The van der Waals surface area contributed by atoms with Gasteiger partial charge in [-0.2, -0.15) is 0 Å². The molecule has 0 aliphatic rings. The molecule has 5 heteroatoms. The maximum atomic E-state index is 9.18. The van der Waals surface area contributed by atoms with Crippen molar-refractivity contribution in [3.05, 3.63) is 247 Å². The van der Waals surface area contributed by atoms with Crippen LogP contribution in [0.3, 0.4) is 0 Å². The number of ether oxygens (including phenoxy) is 1. The molecule has 0 N–H and O–H groups in total. The van der Waals surface area contributed by atoms with Gasteiger partial charge in [0.1, 0.15) is 17.3 Å². The quantitative estimate of drug-likeness (QED) is 0.107. The molecule has 0 radical (unpaired) electrons. The van der Waals surface area contributed by atoms with Crippen molar-refractivity contribution in [1.29, 1.82) is 0 Å². The van der Waals surface area contributed by atoms with Gasteiger partial charge >= 0.3 is 0 Å². The molecule has 0 aliphatic carbocycles. The van der Waals surface area contributed by atoms with Gasteiger partial charge < -0.3 is 4.74 Å². The number of nitrogens with zero attached hydrogens (tertiary/aromatic N) is 4. The molecule has 0 fully saturated rings. The van der Waals surface area contributed by atoms with E-state index in [-0.39, 0.29) is 51.0 Å². The number of rotatable bonds is 9. The zero-order valence-corrected chi connectivity index (χ0v) is 45.2. The van der Waals surface area contributed by atoms with Gasteiger partial charge in [0.05, 0.1) is 47.1 Å². The van der Waals surface area contributed by atoms with E-state index < -0.39 is 60.6 Å². The predicted octanol–water partition coefficient (Wildman–Crippen LogP) is 18.9. The molecule has 0 spiro atoms. The van der Waals surface area contributed by atoms with Gasteiger partial charge in [-0.1, -0.05) is 214 Å². The fourth-order valence-electron chi connectivity index (χ4n) is 10.4. The first-order chi connectivity index (χ1) is 42.8. The molecule has 384 valence electrons. The van der Waals surface area contributed by atoms with Crippen LogP contribution in [0.5, 0.6) is 11.5 Å². The minimum absolute atomic E-state index is 0.0558. The van der Waals surface area contributed by atoms with E-state index in [9.17, 15) is 2.74 Å². The van der Waals surface area contributed by atoms with Crippen molar-refractivity contribution in [3.63, 3.8) is 0 Å². The molecule has 78 heavy (non-hydrogen) atoms. The third-order valence-corrected chi connectivity index (χ3v) is 14.6. The largest absolute Gasteiger partial charge is 0.458 e. The number of para-hydroxylation sites is 1. The number of aryl methyl sites for hydroxylation is 1. The highest BCUT2D eigenvalue weighted by Gasteiger charge is 2.28. The van der Waals surface area contributed by atoms with Gasteiger partial charge in [-0.25, -0.2) is 4.98 Å². The summed E-state index contributed by atoms with van der Waals surface area (Å²) in [7, 11) is 0. The van der Waals surface area contributed by atoms with Crippen LogP contribution in [0.1, 0.15) is 102 Å². The van der Waals surface area contributed by atoms with Crippen molar-refractivity contribution in [2.75, 3.05) is 0 Å². The Hall–Kier alpha value is -8.80. The fourth-order valence-corrected chi connectivity index (χ4v) is 10.4. The Kier molecular flexibility index (Phi) is 9.19. The SMILES string of the molecule is [2H]c1c([2H])c([2H])c(-c2cc(-c3cccc(C(C)(C)C)c3)c(-[n+]3[c-]n(-c4cccc(Oc5ccc6c7ccccc7n(-c7cc(C([2H])([2H])[2H])c(-c8c([2H])c([2H])c([2H])c([2H])c8[2H])cn7)c6c5)c4)c4cc(-c5ccc(C(C)(C)C)cc5)ccc43)c(C(C)(C)C)c2)c([2H])c1[2H]. The van der Waals surface area contributed by atoms with Crippen LogP contribution >= 0.6 is 0 Å². The molecular weight excluding hydrogens is 949 g/mol. The first kappa shape index (κ1) is 37.1. The lowest BCUT2D eigenvalue weighted by molar-refractivity contribution is -0.572. The van der Waals surface area contributed by atoms with Crippen molar-refractivity contribution >= 4 is 32.8 Å². The van der Waals surface area contributed by atoms with Crippen LogP contribution < -0.4 is 9.30 Å². The minimum Gasteiger partial charge on any atom is -0.458 e. The van der Waals surface area contributed by atoms with Crippen LogP contribution in [0.2, 0.25) is 0 Å². The molecular formula is C73H66N4O. The predicted molar refractivity (Wildman–Crippen MR) is 325 cm³/mol. The summed E-state index contributed by atoms with van der Waals surface area (Å²) < 4.78 is 125. The highest BCUT2D eigenvalue weighted by atomic mass is 16.5. The monoisotopic (exact) mass is 1030 g/mol. The molecule has 0 unspecified atom stereocenters. The molecule has 0 saturated carbocycles. The summed E-state index contributed by atoms with van der Waals surface area (Å²) in [6.45, 7) is 16.6. The Labute approximate surface area is 478 Å². The molecule has 0 atom stereocenters. The van der Waals surface area contributed by atoms with E-state index in [1.807, 2.05) is 94.1 Å². The van der Waals surface area contributed by atoms with Gasteiger partial charge in [-0.3, -0.25) is 13.7 Å². The van der Waals surface area contributed by atoms with E-state index in [2.05, 4.69) is 134 Å². The minimum atomic E-state index is -2.79. The fraction of sp³-hybridized carbons (Fsp3) is 0.178. The number of aromatic nitrogens is 4. The summed E-state index contributed by atoms with van der Waals surface area (Å²) in [5.41, 5.74) is 10.3. The normalized spacial score (nSPS) is 14.8. The molecule has 0 aliphatic heterocycles. The summed E-state index contributed by atoms with van der Waals surface area (Å²) in [6.07, 6.45) is 5.09. The number of benzene rings is 9. The van der Waals surface area contributed by atoms with Crippen LogP contribution in [-0.4, -0.2) is 14.1 Å². The van der Waals surface area contributed by atoms with Gasteiger partial charge in [0.25, 0.3) is 6.33 Å². The summed E-state index contributed by atoms with van der Waals surface area (Å²) in [5.74, 6) is 1.16. The number of fused-ring (bicyclic) bond motifs is 4.